The Labute approximate surface area is 177 Å². The Balaban J connectivity index is 1.76. The van der Waals surface area contributed by atoms with Crippen LogP contribution in [0, 0.1) is 23.4 Å². The predicted molar refractivity (Wildman–Crippen MR) is 107 cm³/mol. The molecule has 0 N–H and O–H groups in total. The minimum absolute atomic E-state index is 0.0126. The van der Waals surface area contributed by atoms with Crippen LogP contribution in [0.3, 0.4) is 0 Å². The molecule has 0 heterocycles. The molecule has 1 aliphatic carbocycles. The summed E-state index contributed by atoms with van der Waals surface area (Å²) in [5.74, 6) is -3.04. The molecule has 2 aromatic rings. The van der Waals surface area contributed by atoms with Crippen molar-refractivity contribution in [1.29, 1.82) is 0 Å². The first kappa shape index (κ1) is 23.2. The highest BCUT2D eigenvalue weighted by Gasteiger charge is 2.24. The molecule has 31 heavy (non-hydrogen) atoms. The molecule has 1 fully saturated rings. The van der Waals surface area contributed by atoms with E-state index in [4.69, 9.17) is 0 Å². The molecule has 3 rings (SSSR count). The lowest BCUT2D eigenvalue weighted by Crippen LogP contribution is -2.13. The second-order valence-corrected chi connectivity index (χ2v) is 7.98. The van der Waals surface area contributed by atoms with Gasteiger partial charge < -0.3 is 4.74 Å². The van der Waals surface area contributed by atoms with Crippen LogP contribution >= 0.6 is 0 Å². The zero-order valence-corrected chi connectivity index (χ0v) is 17.1. The summed E-state index contributed by atoms with van der Waals surface area (Å²) in [6.45, 7) is 2.17. The van der Waals surface area contributed by atoms with Crippen molar-refractivity contribution in [2.24, 2.45) is 5.92 Å². The Bertz CT molecular complexity index is 903. The van der Waals surface area contributed by atoms with Gasteiger partial charge in [-0.3, -0.25) is 0 Å². The van der Waals surface area contributed by atoms with Gasteiger partial charge in [0.25, 0.3) is 0 Å². The summed E-state index contributed by atoms with van der Waals surface area (Å²) in [5.41, 5.74) is 0.825. The van der Waals surface area contributed by atoms with Crippen LogP contribution in [0.15, 0.2) is 42.7 Å². The third kappa shape index (κ3) is 6.05. The molecule has 1 saturated carbocycles. The van der Waals surface area contributed by atoms with Crippen LogP contribution in [-0.2, 0) is 0 Å². The van der Waals surface area contributed by atoms with Crippen molar-refractivity contribution < 1.29 is 31.1 Å². The van der Waals surface area contributed by atoms with Gasteiger partial charge in [-0.05, 0) is 66.8 Å². The maximum atomic E-state index is 14.8. The maximum absolute atomic E-state index is 14.8. The van der Waals surface area contributed by atoms with Crippen LogP contribution in [0.25, 0.3) is 11.1 Å². The Morgan fingerprint density at radius 3 is 2.13 bits per heavy atom. The van der Waals surface area contributed by atoms with Gasteiger partial charge in [0.2, 0.25) is 0 Å². The molecule has 0 spiro atoms. The quantitative estimate of drug-likeness (QED) is 0.323. The Morgan fingerprint density at radius 1 is 0.935 bits per heavy atom. The Morgan fingerprint density at radius 2 is 1.58 bits per heavy atom. The van der Waals surface area contributed by atoms with Gasteiger partial charge in [0.1, 0.15) is 5.82 Å². The van der Waals surface area contributed by atoms with E-state index in [0.29, 0.717) is 0 Å². The molecule has 0 saturated heterocycles. The van der Waals surface area contributed by atoms with Crippen molar-refractivity contribution in [3.8, 4) is 16.9 Å². The summed E-state index contributed by atoms with van der Waals surface area (Å²) >= 11 is 0. The molecule has 0 radical (unpaired) electrons. The number of hydrogen-bond donors (Lipinski definition) is 0. The first-order valence-electron chi connectivity index (χ1n) is 10.4. The molecule has 168 valence electrons. The highest BCUT2D eigenvalue weighted by atomic mass is 19.4. The topological polar surface area (TPSA) is 9.23 Å². The molecule has 1 nitrogen and oxygen atoms in total. The average Bonchev–Trinajstić information content (AvgIpc) is 2.70. The largest absolute Gasteiger partial charge is 0.459 e. The first-order valence-corrected chi connectivity index (χ1v) is 10.4. The normalized spacial score (nSPS) is 19.7. The lowest BCUT2D eigenvalue weighted by atomic mass is 9.77. The van der Waals surface area contributed by atoms with Gasteiger partial charge in [0.15, 0.2) is 17.4 Å². The third-order valence-corrected chi connectivity index (χ3v) is 5.76. The zero-order valence-electron chi connectivity index (χ0n) is 17.1. The monoisotopic (exact) mass is 442 g/mol. The molecule has 0 aliphatic heterocycles. The van der Waals surface area contributed by atoms with E-state index >= 15 is 0 Å². The highest BCUT2D eigenvalue weighted by molar-refractivity contribution is 5.66. The second-order valence-electron chi connectivity index (χ2n) is 7.98. The highest BCUT2D eigenvalue weighted by Crippen LogP contribution is 2.39. The fourth-order valence-electron chi connectivity index (χ4n) is 4.22. The van der Waals surface area contributed by atoms with Crippen LogP contribution in [0.4, 0.5) is 26.3 Å². The standard InChI is InChI=1S/C24H24F6O/c1-2-3-15-4-6-16(7-5-15)17-8-9-19(20(25)12-17)18-13-21(26)23(22(27)14-18)31-11-10-24(28,29)30/h8-16H,2-7H2,1H3/b11-10+. The van der Waals surface area contributed by atoms with Gasteiger partial charge in [-0.1, -0.05) is 31.9 Å². The van der Waals surface area contributed by atoms with Crippen LogP contribution in [-0.4, -0.2) is 6.18 Å². The zero-order chi connectivity index (χ0) is 22.6. The van der Waals surface area contributed by atoms with Gasteiger partial charge in [-0.25, -0.2) is 13.2 Å². The molecule has 0 atom stereocenters. The lowest BCUT2D eigenvalue weighted by molar-refractivity contribution is -0.0809. The maximum Gasteiger partial charge on any atom is 0.412 e. The van der Waals surface area contributed by atoms with E-state index < -0.39 is 29.4 Å². The molecule has 7 heteroatoms. The van der Waals surface area contributed by atoms with Gasteiger partial charge in [-0.15, -0.1) is 0 Å². The molecular weight excluding hydrogens is 418 g/mol. The number of alkyl halides is 3. The molecular formula is C24H24F6O. The van der Waals surface area contributed by atoms with Crippen molar-refractivity contribution in [1.82, 2.24) is 0 Å². The van der Waals surface area contributed by atoms with Crippen LogP contribution in [0.1, 0.15) is 56.9 Å². The van der Waals surface area contributed by atoms with E-state index in [9.17, 15) is 26.3 Å². The van der Waals surface area contributed by atoms with Gasteiger partial charge in [0.05, 0.1) is 12.3 Å². The lowest BCUT2D eigenvalue weighted by Gasteiger charge is -2.28. The Kier molecular flexibility index (Phi) is 7.34. The molecule has 2 aromatic carbocycles. The van der Waals surface area contributed by atoms with Gasteiger partial charge in [-0.2, -0.15) is 13.2 Å². The van der Waals surface area contributed by atoms with Crippen molar-refractivity contribution in [2.45, 2.75) is 57.5 Å². The van der Waals surface area contributed by atoms with Gasteiger partial charge in [0, 0.05) is 5.56 Å². The second kappa shape index (κ2) is 9.79. The van der Waals surface area contributed by atoms with E-state index in [-0.39, 0.29) is 29.4 Å². The third-order valence-electron chi connectivity index (χ3n) is 5.76. The van der Waals surface area contributed by atoms with Crippen molar-refractivity contribution in [2.75, 3.05) is 0 Å². The fourth-order valence-corrected chi connectivity index (χ4v) is 4.22. The summed E-state index contributed by atoms with van der Waals surface area (Å²) in [5, 5.41) is 0. The van der Waals surface area contributed by atoms with Crippen molar-refractivity contribution in [3.05, 3.63) is 65.7 Å². The molecule has 0 amide bonds. The van der Waals surface area contributed by atoms with Crippen LogP contribution in [0.2, 0.25) is 0 Å². The molecule has 0 bridgehead atoms. The van der Waals surface area contributed by atoms with E-state index in [1.54, 1.807) is 6.07 Å². The predicted octanol–water partition coefficient (Wildman–Crippen LogP) is 8.30. The molecule has 0 unspecified atom stereocenters. The van der Waals surface area contributed by atoms with E-state index in [2.05, 4.69) is 11.7 Å². The van der Waals surface area contributed by atoms with E-state index in [0.717, 1.165) is 55.7 Å². The SMILES string of the molecule is CCCC1CCC(c2ccc(-c3cc(F)c(O/C=C/C(F)(F)F)c(F)c3)c(F)c2)CC1. The first-order chi connectivity index (χ1) is 14.7. The van der Waals surface area contributed by atoms with Crippen molar-refractivity contribution >= 4 is 0 Å². The summed E-state index contributed by atoms with van der Waals surface area (Å²) in [7, 11) is 0. The minimum atomic E-state index is -4.67. The van der Waals surface area contributed by atoms with E-state index in [1.807, 2.05) is 0 Å². The number of halogens is 6. The average molecular weight is 442 g/mol. The van der Waals surface area contributed by atoms with E-state index in [1.165, 1.54) is 18.6 Å². The van der Waals surface area contributed by atoms with Crippen LogP contribution in [0.5, 0.6) is 5.75 Å². The molecule has 1 aliphatic rings. The summed E-state index contributed by atoms with van der Waals surface area (Å²) < 4.78 is 84.0. The minimum Gasteiger partial charge on any atom is -0.459 e. The Hall–Kier alpha value is -2.44. The number of hydrogen-bond acceptors (Lipinski definition) is 1. The number of ether oxygens (including phenoxy) is 1. The summed E-state index contributed by atoms with van der Waals surface area (Å²) in [4.78, 5) is 0. The smallest absolute Gasteiger partial charge is 0.412 e. The summed E-state index contributed by atoms with van der Waals surface area (Å²) in [6.07, 6.45) is 1.78. The van der Waals surface area contributed by atoms with Crippen LogP contribution < -0.4 is 4.74 Å². The number of rotatable bonds is 6. The van der Waals surface area contributed by atoms with Gasteiger partial charge >= 0.3 is 6.18 Å². The number of allylic oxidation sites excluding steroid dienone is 1. The number of benzene rings is 2. The molecule has 0 aromatic heterocycles. The van der Waals surface area contributed by atoms with Crippen molar-refractivity contribution in [3.63, 3.8) is 0 Å². The summed E-state index contributed by atoms with van der Waals surface area (Å²) in [6, 6.07) is 6.35. The fraction of sp³-hybridized carbons (Fsp3) is 0.417.